The molecule has 1 aliphatic rings. The number of ether oxygens (including phenoxy) is 2. The van der Waals surface area contributed by atoms with Crippen molar-refractivity contribution in [1.82, 2.24) is 9.97 Å². The van der Waals surface area contributed by atoms with Crippen molar-refractivity contribution in [2.75, 3.05) is 19.0 Å². The Bertz CT molecular complexity index is 688. The summed E-state index contributed by atoms with van der Waals surface area (Å²) in [6.07, 6.45) is 0. The predicted octanol–water partition coefficient (Wildman–Crippen LogP) is 2.12. The van der Waals surface area contributed by atoms with E-state index in [1.165, 1.54) is 7.11 Å². The highest BCUT2D eigenvalue weighted by Gasteiger charge is 2.24. The fourth-order valence-electron chi connectivity index (χ4n) is 2.29. The smallest absolute Gasteiger partial charge is 0.376 e. The van der Waals surface area contributed by atoms with E-state index in [2.05, 4.69) is 20.0 Å². The summed E-state index contributed by atoms with van der Waals surface area (Å²) < 4.78 is 10.3. The van der Waals surface area contributed by atoms with Crippen molar-refractivity contribution in [2.45, 2.75) is 13.0 Å². The quantitative estimate of drug-likeness (QED) is 0.871. The number of fused-ring (bicyclic) bond motifs is 1. The number of rotatable bonds is 3. The van der Waals surface area contributed by atoms with Gasteiger partial charge in [-0.15, -0.1) is 0 Å². The monoisotopic (exact) mass is 285 g/mol. The number of hydrogen-bond acceptors (Lipinski definition) is 6. The van der Waals surface area contributed by atoms with Crippen LogP contribution in [0.15, 0.2) is 30.3 Å². The van der Waals surface area contributed by atoms with E-state index in [4.69, 9.17) is 4.74 Å². The molecule has 0 radical (unpaired) electrons. The fourth-order valence-corrected chi connectivity index (χ4v) is 2.29. The minimum Gasteiger partial charge on any atom is -0.491 e. The zero-order valence-corrected chi connectivity index (χ0v) is 11.8. The molecule has 108 valence electrons. The lowest BCUT2D eigenvalue weighted by Crippen LogP contribution is -2.16. The Morgan fingerprint density at radius 3 is 3.00 bits per heavy atom. The van der Waals surface area contributed by atoms with Crippen LogP contribution in [0.4, 0.5) is 5.82 Å². The van der Waals surface area contributed by atoms with Crippen molar-refractivity contribution in [3.8, 4) is 5.75 Å². The Morgan fingerprint density at radius 2 is 2.19 bits per heavy atom. The molecule has 1 aromatic heterocycles. The number of benzene rings is 1. The topological polar surface area (TPSA) is 73.3 Å². The maximum absolute atomic E-state index is 11.6. The summed E-state index contributed by atoms with van der Waals surface area (Å²) in [5, 5.41) is 3.27. The second-order valence-corrected chi connectivity index (χ2v) is 4.76. The average molecular weight is 285 g/mol. The summed E-state index contributed by atoms with van der Waals surface area (Å²) in [7, 11) is 1.31. The van der Waals surface area contributed by atoms with Crippen molar-refractivity contribution >= 4 is 11.8 Å². The van der Waals surface area contributed by atoms with Crippen LogP contribution in [0, 0.1) is 6.92 Å². The number of carbonyl (C=O) groups is 1. The van der Waals surface area contributed by atoms with E-state index in [9.17, 15) is 4.79 Å². The van der Waals surface area contributed by atoms with Gasteiger partial charge in [0.2, 0.25) is 5.82 Å². The molecule has 0 aliphatic carbocycles. The molecule has 6 heteroatoms. The third kappa shape index (κ3) is 2.65. The first kappa shape index (κ1) is 13.4. The third-order valence-corrected chi connectivity index (χ3v) is 3.24. The molecule has 2 heterocycles. The zero-order chi connectivity index (χ0) is 14.8. The van der Waals surface area contributed by atoms with Gasteiger partial charge in [0.15, 0.2) is 0 Å². The van der Waals surface area contributed by atoms with Gasteiger partial charge in [-0.1, -0.05) is 18.2 Å². The van der Waals surface area contributed by atoms with Gasteiger partial charge in [0, 0.05) is 17.3 Å². The number of methoxy groups -OCH3 is 1. The molecule has 6 nitrogen and oxygen atoms in total. The summed E-state index contributed by atoms with van der Waals surface area (Å²) in [6.45, 7) is 2.33. The van der Waals surface area contributed by atoms with Gasteiger partial charge in [-0.25, -0.2) is 14.8 Å². The van der Waals surface area contributed by atoms with Crippen molar-refractivity contribution < 1.29 is 14.3 Å². The second kappa shape index (κ2) is 5.40. The molecular formula is C15H15N3O3. The third-order valence-electron chi connectivity index (χ3n) is 3.24. The molecule has 1 atom stereocenters. The van der Waals surface area contributed by atoms with Crippen LogP contribution in [0.2, 0.25) is 0 Å². The predicted molar refractivity (Wildman–Crippen MR) is 76.4 cm³/mol. The fraction of sp³-hybridized carbons (Fsp3) is 0.267. The Labute approximate surface area is 122 Å². The van der Waals surface area contributed by atoms with Crippen LogP contribution in [0.3, 0.4) is 0 Å². The number of anilines is 1. The van der Waals surface area contributed by atoms with Gasteiger partial charge in [0.1, 0.15) is 18.2 Å². The molecule has 1 unspecified atom stereocenters. The Morgan fingerprint density at radius 1 is 1.38 bits per heavy atom. The van der Waals surface area contributed by atoms with Crippen molar-refractivity contribution in [1.29, 1.82) is 0 Å². The van der Waals surface area contributed by atoms with Crippen LogP contribution in [-0.4, -0.2) is 29.7 Å². The van der Waals surface area contributed by atoms with Crippen LogP contribution in [0.1, 0.15) is 27.9 Å². The number of nitrogens with zero attached hydrogens (tertiary/aromatic N) is 2. The molecule has 0 fully saturated rings. The van der Waals surface area contributed by atoms with E-state index in [0.29, 0.717) is 18.1 Å². The number of para-hydroxylation sites is 1. The Hall–Kier alpha value is -2.63. The van der Waals surface area contributed by atoms with Crippen LogP contribution in [0.5, 0.6) is 5.75 Å². The van der Waals surface area contributed by atoms with Gasteiger partial charge < -0.3 is 14.8 Å². The van der Waals surface area contributed by atoms with E-state index < -0.39 is 5.97 Å². The first-order chi connectivity index (χ1) is 10.2. The molecule has 21 heavy (non-hydrogen) atoms. The van der Waals surface area contributed by atoms with Crippen LogP contribution < -0.4 is 10.1 Å². The van der Waals surface area contributed by atoms with E-state index in [1.54, 1.807) is 13.0 Å². The summed E-state index contributed by atoms with van der Waals surface area (Å²) in [6, 6.07) is 9.63. The van der Waals surface area contributed by atoms with Crippen molar-refractivity contribution in [2.24, 2.45) is 0 Å². The Kier molecular flexibility index (Phi) is 3.43. The molecule has 2 aromatic rings. The number of aromatic nitrogens is 2. The van der Waals surface area contributed by atoms with Crippen LogP contribution in [0.25, 0.3) is 0 Å². The van der Waals surface area contributed by atoms with Gasteiger partial charge in [0.25, 0.3) is 0 Å². The summed E-state index contributed by atoms with van der Waals surface area (Å²) in [5.74, 6) is 0.944. The summed E-state index contributed by atoms with van der Waals surface area (Å²) >= 11 is 0. The zero-order valence-electron chi connectivity index (χ0n) is 11.8. The number of aryl methyl sites for hydroxylation is 1. The van der Waals surface area contributed by atoms with E-state index in [0.717, 1.165) is 11.3 Å². The van der Waals surface area contributed by atoms with E-state index >= 15 is 0 Å². The molecule has 0 saturated heterocycles. The maximum Gasteiger partial charge on any atom is 0.376 e. The lowest BCUT2D eigenvalue weighted by Gasteiger charge is -2.13. The summed E-state index contributed by atoms with van der Waals surface area (Å²) in [4.78, 5) is 19.8. The molecule has 1 N–H and O–H groups in total. The minimum atomic E-state index is -0.551. The molecule has 0 saturated carbocycles. The SMILES string of the molecule is COC(=O)c1nc(C)cc(NC2COc3ccccc32)n1. The molecule has 0 spiro atoms. The Balaban J connectivity index is 1.86. The molecule has 0 bridgehead atoms. The normalized spacial score (nSPS) is 16.0. The van der Waals surface area contributed by atoms with Crippen molar-refractivity contribution in [3.63, 3.8) is 0 Å². The van der Waals surface area contributed by atoms with Crippen LogP contribution in [-0.2, 0) is 4.74 Å². The largest absolute Gasteiger partial charge is 0.491 e. The lowest BCUT2D eigenvalue weighted by molar-refractivity contribution is 0.0586. The van der Waals surface area contributed by atoms with Gasteiger partial charge in [-0.2, -0.15) is 0 Å². The first-order valence-corrected chi connectivity index (χ1v) is 6.59. The highest BCUT2D eigenvalue weighted by Crippen LogP contribution is 2.33. The second-order valence-electron chi connectivity index (χ2n) is 4.76. The highest BCUT2D eigenvalue weighted by molar-refractivity contribution is 5.85. The van der Waals surface area contributed by atoms with Crippen molar-refractivity contribution in [3.05, 3.63) is 47.4 Å². The van der Waals surface area contributed by atoms with Gasteiger partial charge in [0.05, 0.1) is 13.2 Å². The molecular weight excluding hydrogens is 270 g/mol. The number of nitrogens with one attached hydrogen (secondary N) is 1. The number of carbonyl (C=O) groups excluding carboxylic acids is 1. The molecule has 3 rings (SSSR count). The average Bonchev–Trinajstić information content (AvgIpc) is 2.89. The first-order valence-electron chi connectivity index (χ1n) is 6.59. The molecule has 1 aliphatic heterocycles. The van der Waals surface area contributed by atoms with E-state index in [-0.39, 0.29) is 11.9 Å². The number of hydrogen-bond donors (Lipinski definition) is 1. The van der Waals surface area contributed by atoms with Gasteiger partial charge >= 0.3 is 5.97 Å². The lowest BCUT2D eigenvalue weighted by atomic mass is 10.1. The minimum absolute atomic E-state index is 0.000923. The highest BCUT2D eigenvalue weighted by atomic mass is 16.5. The number of esters is 1. The molecule has 1 aromatic carbocycles. The van der Waals surface area contributed by atoms with Crippen LogP contribution >= 0.6 is 0 Å². The maximum atomic E-state index is 11.6. The van der Waals surface area contributed by atoms with E-state index in [1.807, 2.05) is 24.3 Å². The van der Waals surface area contributed by atoms with Gasteiger partial charge in [-0.05, 0) is 13.0 Å². The standard InChI is InChI=1S/C15H15N3O3/c1-9-7-13(18-14(16-9)15(19)20-2)17-11-8-21-12-6-4-3-5-10(11)12/h3-7,11H,8H2,1-2H3,(H,16,17,18). The van der Waals surface area contributed by atoms with Gasteiger partial charge in [-0.3, -0.25) is 0 Å². The molecule has 0 amide bonds. The summed E-state index contributed by atoms with van der Waals surface area (Å²) in [5.41, 5.74) is 1.77.